The van der Waals surface area contributed by atoms with E-state index in [1.54, 1.807) is 24.3 Å². The van der Waals surface area contributed by atoms with Crippen molar-refractivity contribution in [2.45, 2.75) is 52.6 Å². The topological polar surface area (TPSA) is 98.0 Å². The molecule has 0 aliphatic rings. The van der Waals surface area contributed by atoms with Crippen molar-refractivity contribution < 1.29 is 37.7 Å². The van der Waals surface area contributed by atoms with E-state index in [4.69, 9.17) is 9.47 Å². The number of nitrogens with zero attached hydrogens (tertiary/aromatic N) is 1. The Bertz CT molecular complexity index is 1270. The van der Waals surface area contributed by atoms with Gasteiger partial charge in [-0.05, 0) is 30.0 Å². The normalized spacial score (nSPS) is 11.8. The summed E-state index contributed by atoms with van der Waals surface area (Å²) >= 11 is 0. The van der Waals surface area contributed by atoms with E-state index < -0.39 is 37.3 Å². The summed E-state index contributed by atoms with van der Waals surface area (Å²) in [6, 6.07) is 11.8. The molecule has 2 aromatic carbocycles. The molecule has 1 heterocycles. The van der Waals surface area contributed by atoms with Crippen LogP contribution in [0.3, 0.4) is 0 Å². The van der Waals surface area contributed by atoms with Crippen LogP contribution >= 0.6 is 0 Å². The number of alkyl halides is 3. The van der Waals surface area contributed by atoms with E-state index in [1.807, 2.05) is 19.9 Å². The third-order valence-corrected chi connectivity index (χ3v) is 5.46. The molecule has 3 rings (SSSR count). The first kappa shape index (κ1) is 27.1. The Morgan fingerprint density at radius 2 is 1.78 bits per heavy atom. The number of aromatic nitrogens is 1. The van der Waals surface area contributed by atoms with Crippen LogP contribution < -0.4 is 15.0 Å². The molecule has 0 bridgehead atoms. The lowest BCUT2D eigenvalue weighted by molar-refractivity contribution is -0.136. The molecule has 194 valence electrons. The summed E-state index contributed by atoms with van der Waals surface area (Å²) in [7, 11) is 0. The van der Waals surface area contributed by atoms with Crippen molar-refractivity contribution in [1.29, 1.82) is 0 Å². The number of pyridine rings is 1. The standard InChI is InChI=1S/C26H28F3NO6/c1-16(2)13-30-19(14-31)23(35-12-6-11-26(27,28)29)21-18(24(30)32)9-10-20(22(21)25(33)34)36-15-17-7-4-3-5-8-17/h3-5,7-10,16,31H,6,11-15H2,1-2H3,(H,33,34). The second-order valence-electron chi connectivity index (χ2n) is 8.75. The molecular formula is C26H28F3NO6. The zero-order valence-corrected chi connectivity index (χ0v) is 20.0. The van der Waals surface area contributed by atoms with Crippen LogP contribution in [0.1, 0.15) is 48.3 Å². The molecule has 0 aliphatic carbocycles. The summed E-state index contributed by atoms with van der Waals surface area (Å²) in [4.78, 5) is 25.7. The number of fused-ring (bicyclic) bond motifs is 1. The highest BCUT2D eigenvalue weighted by molar-refractivity contribution is 6.09. The Balaban J connectivity index is 2.19. The lowest BCUT2D eigenvalue weighted by atomic mass is 10.0. The molecule has 0 fully saturated rings. The number of carbonyl (C=O) groups is 1. The summed E-state index contributed by atoms with van der Waals surface area (Å²) < 4.78 is 50.7. The van der Waals surface area contributed by atoms with Crippen LogP contribution in [0.15, 0.2) is 47.3 Å². The zero-order valence-electron chi connectivity index (χ0n) is 20.0. The Morgan fingerprint density at radius 3 is 2.36 bits per heavy atom. The van der Waals surface area contributed by atoms with Crippen molar-refractivity contribution in [3.8, 4) is 11.5 Å². The van der Waals surface area contributed by atoms with E-state index in [0.717, 1.165) is 5.56 Å². The van der Waals surface area contributed by atoms with E-state index in [-0.39, 0.29) is 59.0 Å². The quantitative estimate of drug-likeness (QED) is 0.349. The first-order valence-electron chi connectivity index (χ1n) is 11.5. The number of aromatic carboxylic acids is 1. The minimum absolute atomic E-state index is 0.00290. The highest BCUT2D eigenvalue weighted by Crippen LogP contribution is 2.37. The third kappa shape index (κ3) is 6.37. The van der Waals surface area contributed by atoms with Crippen LogP contribution in [0.4, 0.5) is 13.2 Å². The Morgan fingerprint density at radius 1 is 1.08 bits per heavy atom. The highest BCUT2D eigenvalue weighted by atomic mass is 19.4. The van der Waals surface area contributed by atoms with E-state index >= 15 is 0 Å². The van der Waals surface area contributed by atoms with Gasteiger partial charge in [0.15, 0.2) is 0 Å². The number of ether oxygens (including phenoxy) is 2. The van der Waals surface area contributed by atoms with E-state index in [0.29, 0.717) is 0 Å². The number of hydrogen-bond acceptors (Lipinski definition) is 5. The minimum atomic E-state index is -4.38. The maximum Gasteiger partial charge on any atom is 0.389 e. The summed E-state index contributed by atoms with van der Waals surface area (Å²) in [6.45, 7) is 2.87. The van der Waals surface area contributed by atoms with Gasteiger partial charge in [-0.1, -0.05) is 44.2 Å². The van der Waals surface area contributed by atoms with Crippen LogP contribution in [-0.4, -0.2) is 33.5 Å². The molecule has 0 saturated heterocycles. The smallest absolute Gasteiger partial charge is 0.389 e. The van der Waals surface area contributed by atoms with Gasteiger partial charge >= 0.3 is 12.1 Å². The molecule has 0 spiro atoms. The molecule has 2 N–H and O–H groups in total. The van der Waals surface area contributed by atoms with Gasteiger partial charge in [-0.3, -0.25) is 4.79 Å². The maximum absolute atomic E-state index is 13.3. The van der Waals surface area contributed by atoms with Crippen molar-refractivity contribution >= 4 is 16.7 Å². The average molecular weight is 508 g/mol. The predicted molar refractivity (Wildman–Crippen MR) is 127 cm³/mol. The first-order valence-corrected chi connectivity index (χ1v) is 11.5. The van der Waals surface area contributed by atoms with E-state index in [2.05, 4.69) is 0 Å². The van der Waals surface area contributed by atoms with Gasteiger partial charge in [-0.15, -0.1) is 0 Å². The molecule has 0 saturated carbocycles. The number of rotatable bonds is 11. The number of carboxylic acids is 1. The van der Waals surface area contributed by atoms with Gasteiger partial charge in [-0.2, -0.15) is 13.2 Å². The van der Waals surface area contributed by atoms with Crippen molar-refractivity contribution in [1.82, 2.24) is 4.57 Å². The molecular weight excluding hydrogens is 479 g/mol. The zero-order chi connectivity index (χ0) is 26.5. The Labute approximate surface area is 205 Å². The highest BCUT2D eigenvalue weighted by Gasteiger charge is 2.28. The largest absolute Gasteiger partial charge is 0.491 e. The van der Waals surface area contributed by atoms with Gasteiger partial charge < -0.3 is 24.3 Å². The van der Waals surface area contributed by atoms with Crippen molar-refractivity contribution in [3.63, 3.8) is 0 Å². The van der Waals surface area contributed by atoms with Crippen molar-refractivity contribution in [2.75, 3.05) is 6.61 Å². The molecule has 0 unspecified atom stereocenters. The lowest BCUT2D eigenvalue weighted by Gasteiger charge is -2.22. The molecule has 10 heteroatoms. The average Bonchev–Trinajstić information content (AvgIpc) is 2.82. The number of aliphatic hydroxyl groups is 1. The first-order chi connectivity index (χ1) is 17.0. The maximum atomic E-state index is 13.3. The van der Waals surface area contributed by atoms with Gasteiger partial charge in [0.25, 0.3) is 5.56 Å². The molecule has 7 nitrogen and oxygen atoms in total. The summed E-state index contributed by atoms with van der Waals surface area (Å²) in [5, 5.41) is 20.1. The fraction of sp³-hybridized carbons (Fsp3) is 0.385. The van der Waals surface area contributed by atoms with E-state index in [9.17, 15) is 33.0 Å². The predicted octanol–water partition coefficient (Wildman–Crippen LogP) is 5.15. The summed E-state index contributed by atoms with van der Waals surface area (Å²) in [5.41, 5.74) is -0.128. The molecule has 0 atom stereocenters. The van der Waals surface area contributed by atoms with Crippen LogP contribution in [0.25, 0.3) is 10.8 Å². The fourth-order valence-corrected chi connectivity index (χ4v) is 3.92. The van der Waals surface area contributed by atoms with Gasteiger partial charge in [0.1, 0.15) is 23.7 Å². The molecule has 3 aromatic rings. The van der Waals surface area contributed by atoms with Crippen LogP contribution in [-0.2, 0) is 19.8 Å². The number of halogens is 3. The molecule has 1 aromatic heterocycles. The van der Waals surface area contributed by atoms with Gasteiger partial charge in [0.2, 0.25) is 0 Å². The van der Waals surface area contributed by atoms with Crippen molar-refractivity contribution in [3.05, 3.63) is 69.6 Å². The second kappa shape index (κ2) is 11.5. The third-order valence-electron chi connectivity index (χ3n) is 5.46. The SMILES string of the molecule is CC(C)Cn1c(CO)c(OCCCC(F)(F)F)c2c(C(=O)O)c(OCc3ccccc3)ccc2c1=O. The van der Waals surface area contributed by atoms with Gasteiger partial charge in [0, 0.05) is 18.4 Å². The number of aliphatic hydroxyl groups excluding tert-OH is 1. The Kier molecular flexibility index (Phi) is 8.62. The molecule has 0 radical (unpaired) electrons. The fourth-order valence-electron chi connectivity index (χ4n) is 3.92. The van der Waals surface area contributed by atoms with Crippen LogP contribution in [0.2, 0.25) is 0 Å². The van der Waals surface area contributed by atoms with Crippen molar-refractivity contribution in [2.24, 2.45) is 5.92 Å². The molecule has 0 amide bonds. The summed E-state index contributed by atoms with van der Waals surface area (Å²) in [6.07, 6.45) is -5.86. The van der Waals surface area contributed by atoms with Crippen LogP contribution in [0, 0.1) is 5.92 Å². The lowest BCUT2D eigenvalue weighted by Crippen LogP contribution is -2.28. The second-order valence-corrected chi connectivity index (χ2v) is 8.75. The van der Waals surface area contributed by atoms with E-state index in [1.165, 1.54) is 16.7 Å². The van der Waals surface area contributed by atoms with Crippen LogP contribution in [0.5, 0.6) is 11.5 Å². The Hall–Kier alpha value is -3.53. The minimum Gasteiger partial charge on any atom is -0.491 e. The molecule has 0 aliphatic heterocycles. The number of hydrogen-bond donors (Lipinski definition) is 2. The monoisotopic (exact) mass is 507 g/mol. The van der Waals surface area contributed by atoms with Gasteiger partial charge in [-0.25, -0.2) is 4.79 Å². The molecule has 36 heavy (non-hydrogen) atoms. The summed E-state index contributed by atoms with van der Waals surface area (Å²) in [5.74, 6) is -1.61. The number of benzene rings is 2. The van der Waals surface area contributed by atoms with Gasteiger partial charge in [0.05, 0.1) is 24.3 Å². The number of carboxylic acid groups (broad SMARTS) is 1.